The standard InChI is InChI=1S/C30H26FNO6S/c1-3-36-24-16-20(12-15-23(24)38-18-19-10-13-22(31)14-11-19)17-25-27(33)26(30(35)37-4-2)29(39-25)32-28(34)21-8-6-5-7-9-21/h5-17,33H,3-4,18H2,1-2H3/b25-17-,32-29?. The van der Waals surface area contributed by atoms with Gasteiger partial charge < -0.3 is 19.3 Å². The van der Waals surface area contributed by atoms with Gasteiger partial charge in [-0.1, -0.05) is 48.2 Å². The molecule has 4 rings (SSSR count). The van der Waals surface area contributed by atoms with Crippen LogP contribution in [-0.2, 0) is 16.1 Å². The second-order valence-corrected chi connectivity index (χ2v) is 9.23. The number of amides is 1. The molecule has 200 valence electrons. The molecule has 0 unspecified atom stereocenters. The van der Waals surface area contributed by atoms with E-state index in [1.54, 1.807) is 73.7 Å². The van der Waals surface area contributed by atoms with Crippen molar-refractivity contribution in [2.75, 3.05) is 13.2 Å². The quantitative estimate of drug-likeness (QED) is 0.305. The molecule has 7 nitrogen and oxygen atoms in total. The zero-order chi connectivity index (χ0) is 27.8. The fraction of sp³-hybridized carbons (Fsp3) is 0.167. The predicted octanol–water partition coefficient (Wildman–Crippen LogP) is 6.51. The van der Waals surface area contributed by atoms with Crippen LogP contribution in [0.5, 0.6) is 11.5 Å². The number of aliphatic hydroxyl groups is 1. The molecule has 9 heteroatoms. The van der Waals surface area contributed by atoms with Gasteiger partial charge in [0.15, 0.2) is 11.5 Å². The molecule has 1 N–H and O–H groups in total. The van der Waals surface area contributed by atoms with Gasteiger partial charge in [-0.25, -0.2) is 14.2 Å². The lowest BCUT2D eigenvalue weighted by molar-refractivity contribution is -0.138. The van der Waals surface area contributed by atoms with Gasteiger partial charge in [0.2, 0.25) is 0 Å². The van der Waals surface area contributed by atoms with Crippen molar-refractivity contribution in [1.82, 2.24) is 0 Å². The third-order valence-corrected chi connectivity index (χ3v) is 6.49. The fourth-order valence-corrected chi connectivity index (χ4v) is 4.64. The van der Waals surface area contributed by atoms with Gasteiger partial charge in [-0.05, 0) is 67.4 Å². The van der Waals surface area contributed by atoms with Crippen LogP contribution in [0.2, 0.25) is 0 Å². The van der Waals surface area contributed by atoms with Crippen molar-refractivity contribution in [2.24, 2.45) is 4.99 Å². The van der Waals surface area contributed by atoms with Crippen LogP contribution in [0.4, 0.5) is 4.39 Å². The van der Waals surface area contributed by atoms with Crippen LogP contribution in [0.25, 0.3) is 6.08 Å². The average molecular weight is 548 g/mol. The van der Waals surface area contributed by atoms with E-state index < -0.39 is 11.9 Å². The predicted molar refractivity (Wildman–Crippen MR) is 148 cm³/mol. The van der Waals surface area contributed by atoms with Gasteiger partial charge >= 0.3 is 5.97 Å². The maximum Gasteiger partial charge on any atom is 0.344 e. The van der Waals surface area contributed by atoms with E-state index in [1.165, 1.54) is 12.1 Å². The summed E-state index contributed by atoms with van der Waals surface area (Å²) in [6.07, 6.45) is 1.65. The number of halogens is 1. The molecule has 39 heavy (non-hydrogen) atoms. The summed E-state index contributed by atoms with van der Waals surface area (Å²) >= 11 is 0.994. The van der Waals surface area contributed by atoms with E-state index in [-0.39, 0.29) is 35.4 Å². The summed E-state index contributed by atoms with van der Waals surface area (Å²) in [5, 5.41) is 11.0. The molecule has 3 aromatic rings. The van der Waals surface area contributed by atoms with Crippen LogP contribution in [0.1, 0.15) is 35.3 Å². The highest BCUT2D eigenvalue weighted by Gasteiger charge is 2.34. The van der Waals surface area contributed by atoms with E-state index in [0.29, 0.717) is 34.1 Å². The average Bonchev–Trinajstić information content (AvgIpc) is 3.24. The van der Waals surface area contributed by atoms with Crippen LogP contribution in [0.15, 0.2) is 94.0 Å². The maximum absolute atomic E-state index is 13.2. The number of carbonyl (C=O) groups is 2. The number of ether oxygens (including phenoxy) is 3. The van der Waals surface area contributed by atoms with E-state index in [2.05, 4.69) is 4.99 Å². The lowest BCUT2D eigenvalue weighted by atomic mass is 10.1. The van der Waals surface area contributed by atoms with Crippen molar-refractivity contribution < 1.29 is 33.3 Å². The number of hydrogen-bond acceptors (Lipinski definition) is 7. The van der Waals surface area contributed by atoms with E-state index in [0.717, 1.165) is 17.3 Å². The van der Waals surface area contributed by atoms with Crippen molar-refractivity contribution >= 4 is 34.8 Å². The van der Waals surface area contributed by atoms with Gasteiger partial charge in [-0.3, -0.25) is 4.79 Å². The molecule has 0 bridgehead atoms. The number of thioether (sulfide) groups is 1. The smallest absolute Gasteiger partial charge is 0.344 e. The van der Waals surface area contributed by atoms with E-state index in [9.17, 15) is 19.1 Å². The summed E-state index contributed by atoms with van der Waals surface area (Å²) < 4.78 is 29.9. The third-order valence-electron chi connectivity index (χ3n) is 5.47. The van der Waals surface area contributed by atoms with E-state index in [4.69, 9.17) is 14.2 Å². The summed E-state index contributed by atoms with van der Waals surface area (Å²) in [4.78, 5) is 29.8. The second-order valence-electron chi connectivity index (χ2n) is 8.20. The largest absolute Gasteiger partial charge is 0.506 e. The summed E-state index contributed by atoms with van der Waals surface area (Å²) in [7, 11) is 0. The van der Waals surface area contributed by atoms with Gasteiger partial charge in [0, 0.05) is 5.56 Å². The molecule has 0 saturated carbocycles. The molecule has 0 atom stereocenters. The minimum atomic E-state index is -0.773. The Morgan fingerprint density at radius 1 is 0.949 bits per heavy atom. The Bertz CT molecular complexity index is 1450. The minimum Gasteiger partial charge on any atom is -0.506 e. The van der Waals surface area contributed by atoms with E-state index in [1.807, 2.05) is 6.92 Å². The highest BCUT2D eigenvalue weighted by Crippen LogP contribution is 2.40. The zero-order valence-electron chi connectivity index (χ0n) is 21.3. The van der Waals surface area contributed by atoms with Crippen LogP contribution < -0.4 is 9.47 Å². The number of hydrogen-bond donors (Lipinski definition) is 1. The van der Waals surface area contributed by atoms with E-state index >= 15 is 0 Å². The first-order valence-corrected chi connectivity index (χ1v) is 13.0. The van der Waals surface area contributed by atoms with Gasteiger partial charge in [-0.15, -0.1) is 0 Å². The summed E-state index contributed by atoms with van der Waals surface area (Å²) in [5.41, 5.74) is 1.64. The number of carbonyl (C=O) groups excluding carboxylic acids is 2. The topological polar surface area (TPSA) is 94.4 Å². The molecule has 1 aliphatic rings. The fourth-order valence-electron chi connectivity index (χ4n) is 3.62. The molecule has 3 aromatic carbocycles. The lowest BCUT2D eigenvalue weighted by Crippen LogP contribution is -2.14. The zero-order valence-corrected chi connectivity index (χ0v) is 22.2. The normalized spacial score (nSPS) is 15.1. The molecule has 0 aromatic heterocycles. The highest BCUT2D eigenvalue weighted by atomic mass is 32.2. The highest BCUT2D eigenvalue weighted by molar-refractivity contribution is 8.18. The number of benzene rings is 3. The monoisotopic (exact) mass is 547 g/mol. The summed E-state index contributed by atoms with van der Waals surface area (Å²) in [6, 6.07) is 19.7. The number of esters is 1. The molecule has 0 aliphatic carbocycles. The second kappa shape index (κ2) is 12.9. The Morgan fingerprint density at radius 3 is 2.38 bits per heavy atom. The van der Waals surface area contributed by atoms with Crippen LogP contribution in [-0.4, -0.2) is 35.2 Å². The SMILES string of the molecule is CCOC(=O)C1=C(O)/C(=C/c2ccc(OCc3ccc(F)cc3)c(OCC)c2)SC1=NC(=O)c1ccccc1. The van der Waals surface area contributed by atoms with Crippen molar-refractivity contribution in [3.05, 3.63) is 112 Å². The number of aliphatic hydroxyl groups excluding tert-OH is 1. The van der Waals surface area contributed by atoms with Gasteiger partial charge in [0.1, 0.15) is 28.8 Å². The maximum atomic E-state index is 13.2. The van der Waals surface area contributed by atoms with Crippen molar-refractivity contribution in [3.63, 3.8) is 0 Å². The molecule has 0 radical (unpaired) electrons. The Kier molecular flexibility index (Phi) is 9.17. The Balaban J connectivity index is 1.62. The van der Waals surface area contributed by atoms with Crippen molar-refractivity contribution in [3.8, 4) is 11.5 Å². The van der Waals surface area contributed by atoms with Crippen molar-refractivity contribution in [2.45, 2.75) is 20.5 Å². The Labute approximate surface area is 229 Å². The molecule has 0 saturated heterocycles. The molecule has 0 fully saturated rings. The number of nitrogens with zero attached hydrogens (tertiary/aromatic N) is 1. The van der Waals surface area contributed by atoms with Gasteiger partial charge in [0.05, 0.1) is 18.1 Å². The Hall–Kier alpha value is -4.37. The van der Waals surface area contributed by atoms with Crippen LogP contribution >= 0.6 is 11.8 Å². The number of aliphatic imine (C=N–C) groups is 1. The van der Waals surface area contributed by atoms with Crippen LogP contribution in [0.3, 0.4) is 0 Å². The molecule has 0 spiro atoms. The number of rotatable bonds is 9. The first kappa shape index (κ1) is 27.7. The van der Waals surface area contributed by atoms with Gasteiger partial charge in [-0.2, -0.15) is 0 Å². The summed E-state index contributed by atoms with van der Waals surface area (Å²) in [5.74, 6) is -1.01. The van der Waals surface area contributed by atoms with Gasteiger partial charge in [0.25, 0.3) is 5.91 Å². The third kappa shape index (κ3) is 6.94. The molecule has 1 amide bonds. The molecule has 1 aliphatic heterocycles. The lowest BCUT2D eigenvalue weighted by Gasteiger charge is -2.13. The Morgan fingerprint density at radius 2 is 1.69 bits per heavy atom. The first-order chi connectivity index (χ1) is 18.9. The van der Waals surface area contributed by atoms with Crippen LogP contribution in [0, 0.1) is 5.82 Å². The first-order valence-electron chi connectivity index (χ1n) is 12.2. The molecular formula is C30H26FNO6S. The molecule has 1 heterocycles. The van der Waals surface area contributed by atoms with Crippen molar-refractivity contribution in [1.29, 1.82) is 0 Å². The summed E-state index contributed by atoms with van der Waals surface area (Å²) in [6.45, 7) is 4.19. The molecular weight excluding hydrogens is 521 g/mol. The minimum absolute atomic E-state index is 0.0512.